The first-order valence-electron chi connectivity index (χ1n) is 7.21. The highest BCUT2D eigenvalue weighted by Gasteiger charge is 2.18. The van der Waals surface area contributed by atoms with Crippen molar-refractivity contribution in [1.29, 1.82) is 0 Å². The molecule has 0 atom stereocenters. The van der Waals surface area contributed by atoms with E-state index in [0.717, 1.165) is 16.1 Å². The number of hydrogen-bond donors (Lipinski definition) is 0. The maximum absolute atomic E-state index is 11.2. The van der Waals surface area contributed by atoms with E-state index in [1.165, 1.54) is 17.4 Å². The van der Waals surface area contributed by atoms with E-state index in [4.69, 9.17) is 9.26 Å². The standard InChI is InChI=1S/C15H14N4O4S/c1-3-10-4-5-12(11(6-10)19(20)21)22-7-13-17-15(23-18-13)14-9(2)16-8-24-14/h4-6,8H,3,7H2,1-2H3. The molecule has 0 unspecified atom stereocenters. The smallest absolute Gasteiger partial charge is 0.311 e. The van der Waals surface area contributed by atoms with Gasteiger partial charge in [-0.25, -0.2) is 4.98 Å². The van der Waals surface area contributed by atoms with Crippen LogP contribution in [0, 0.1) is 17.0 Å². The molecule has 3 aromatic rings. The van der Waals surface area contributed by atoms with E-state index >= 15 is 0 Å². The third-order valence-electron chi connectivity index (χ3n) is 3.39. The summed E-state index contributed by atoms with van der Waals surface area (Å²) in [5.41, 5.74) is 3.30. The molecule has 0 aliphatic heterocycles. The van der Waals surface area contributed by atoms with E-state index in [2.05, 4.69) is 15.1 Å². The molecule has 0 saturated heterocycles. The van der Waals surface area contributed by atoms with E-state index in [1.54, 1.807) is 17.6 Å². The third-order valence-corrected chi connectivity index (χ3v) is 4.31. The highest BCUT2D eigenvalue weighted by Crippen LogP contribution is 2.29. The Hall–Kier alpha value is -2.81. The summed E-state index contributed by atoms with van der Waals surface area (Å²) in [5.74, 6) is 0.855. The predicted molar refractivity (Wildman–Crippen MR) is 86.9 cm³/mol. The summed E-state index contributed by atoms with van der Waals surface area (Å²) in [5, 5.41) is 15.0. The molecule has 0 N–H and O–H groups in total. The van der Waals surface area contributed by atoms with Crippen LogP contribution in [0.15, 0.2) is 28.2 Å². The number of ether oxygens (including phenoxy) is 1. The Balaban J connectivity index is 1.76. The summed E-state index contributed by atoms with van der Waals surface area (Å²) in [7, 11) is 0. The molecule has 2 aromatic heterocycles. The second-order valence-electron chi connectivity index (χ2n) is 4.98. The highest BCUT2D eigenvalue weighted by molar-refractivity contribution is 7.13. The lowest BCUT2D eigenvalue weighted by Crippen LogP contribution is -2.01. The zero-order valence-electron chi connectivity index (χ0n) is 13.1. The molecular formula is C15H14N4O4S. The number of nitrogens with zero attached hydrogens (tertiary/aromatic N) is 4. The molecule has 0 bridgehead atoms. The van der Waals surface area contributed by atoms with Gasteiger partial charge in [0.15, 0.2) is 12.4 Å². The summed E-state index contributed by atoms with van der Waals surface area (Å²) < 4.78 is 10.7. The van der Waals surface area contributed by atoms with Crippen molar-refractivity contribution in [2.75, 3.05) is 0 Å². The van der Waals surface area contributed by atoms with Crippen molar-refractivity contribution in [3.05, 3.63) is 50.9 Å². The Kier molecular flexibility index (Phi) is 4.52. The minimum Gasteiger partial charge on any atom is -0.478 e. The fourth-order valence-corrected chi connectivity index (χ4v) is 2.83. The third kappa shape index (κ3) is 3.25. The van der Waals surface area contributed by atoms with Gasteiger partial charge < -0.3 is 9.26 Å². The second kappa shape index (κ2) is 6.75. The number of aromatic nitrogens is 3. The molecule has 3 rings (SSSR count). The van der Waals surface area contributed by atoms with E-state index in [-0.39, 0.29) is 18.0 Å². The molecule has 0 amide bonds. The normalized spacial score (nSPS) is 10.8. The first-order chi connectivity index (χ1) is 11.6. The highest BCUT2D eigenvalue weighted by atomic mass is 32.1. The van der Waals surface area contributed by atoms with Crippen molar-refractivity contribution in [3.8, 4) is 16.5 Å². The molecule has 2 heterocycles. The lowest BCUT2D eigenvalue weighted by molar-refractivity contribution is -0.386. The molecular weight excluding hydrogens is 332 g/mol. The van der Waals surface area contributed by atoms with Crippen LogP contribution in [0.5, 0.6) is 5.75 Å². The van der Waals surface area contributed by atoms with E-state index in [1.807, 2.05) is 13.8 Å². The van der Waals surface area contributed by atoms with Gasteiger partial charge in [-0.3, -0.25) is 10.1 Å². The zero-order chi connectivity index (χ0) is 17.1. The molecule has 0 aliphatic rings. The van der Waals surface area contributed by atoms with Crippen molar-refractivity contribution in [2.45, 2.75) is 26.9 Å². The number of aryl methyl sites for hydroxylation is 2. The average molecular weight is 346 g/mol. The van der Waals surface area contributed by atoms with Crippen LogP contribution in [0.2, 0.25) is 0 Å². The maximum atomic E-state index is 11.2. The van der Waals surface area contributed by atoms with Crippen LogP contribution in [0.3, 0.4) is 0 Å². The first kappa shape index (κ1) is 16.1. The van der Waals surface area contributed by atoms with Gasteiger partial charge in [0.2, 0.25) is 5.82 Å². The van der Waals surface area contributed by atoms with Crippen molar-refractivity contribution < 1.29 is 14.2 Å². The van der Waals surface area contributed by atoms with Gasteiger partial charge in [-0.2, -0.15) is 4.98 Å². The summed E-state index contributed by atoms with van der Waals surface area (Å²) in [6, 6.07) is 4.90. The Bertz CT molecular complexity index is 874. The topological polar surface area (TPSA) is 104 Å². The molecule has 1 aromatic carbocycles. The van der Waals surface area contributed by atoms with Crippen LogP contribution in [0.4, 0.5) is 5.69 Å². The van der Waals surface area contributed by atoms with Crippen molar-refractivity contribution in [3.63, 3.8) is 0 Å². The van der Waals surface area contributed by atoms with Crippen molar-refractivity contribution in [2.24, 2.45) is 0 Å². The Morgan fingerprint density at radius 2 is 2.25 bits per heavy atom. The summed E-state index contributed by atoms with van der Waals surface area (Å²) in [4.78, 5) is 19.9. The number of nitro benzene ring substituents is 1. The second-order valence-corrected chi connectivity index (χ2v) is 5.84. The van der Waals surface area contributed by atoms with Crippen LogP contribution in [0.25, 0.3) is 10.8 Å². The number of rotatable bonds is 6. The predicted octanol–water partition coefficient (Wildman–Crippen LogP) is 3.55. The van der Waals surface area contributed by atoms with Gasteiger partial charge in [-0.1, -0.05) is 18.1 Å². The van der Waals surface area contributed by atoms with Crippen LogP contribution in [0.1, 0.15) is 24.0 Å². The lowest BCUT2D eigenvalue weighted by Gasteiger charge is -2.05. The molecule has 124 valence electrons. The van der Waals surface area contributed by atoms with Gasteiger partial charge in [0.1, 0.15) is 4.88 Å². The zero-order valence-corrected chi connectivity index (χ0v) is 13.9. The van der Waals surface area contributed by atoms with E-state index in [0.29, 0.717) is 18.1 Å². The number of nitro groups is 1. The molecule has 24 heavy (non-hydrogen) atoms. The quantitative estimate of drug-likeness (QED) is 0.496. The summed E-state index contributed by atoms with van der Waals surface area (Å²) >= 11 is 1.40. The molecule has 0 radical (unpaired) electrons. The molecule has 9 heteroatoms. The largest absolute Gasteiger partial charge is 0.478 e. The molecule has 0 spiro atoms. The van der Waals surface area contributed by atoms with Crippen LogP contribution >= 0.6 is 11.3 Å². The van der Waals surface area contributed by atoms with E-state index < -0.39 is 4.92 Å². The number of hydrogen-bond acceptors (Lipinski definition) is 8. The van der Waals surface area contributed by atoms with E-state index in [9.17, 15) is 10.1 Å². The van der Waals surface area contributed by atoms with Crippen molar-refractivity contribution in [1.82, 2.24) is 15.1 Å². The Morgan fingerprint density at radius 3 is 2.92 bits per heavy atom. The number of benzene rings is 1. The van der Waals surface area contributed by atoms with Gasteiger partial charge in [0.05, 0.1) is 16.1 Å². The summed E-state index contributed by atoms with van der Waals surface area (Å²) in [6.07, 6.45) is 0.712. The minimum atomic E-state index is -0.461. The summed E-state index contributed by atoms with van der Waals surface area (Å²) in [6.45, 7) is 3.76. The Labute approximate surface area is 141 Å². The van der Waals surface area contributed by atoms with Crippen LogP contribution in [-0.2, 0) is 13.0 Å². The molecule has 0 aliphatic carbocycles. The van der Waals surface area contributed by atoms with Crippen LogP contribution in [-0.4, -0.2) is 20.0 Å². The molecule has 0 fully saturated rings. The van der Waals surface area contributed by atoms with Gasteiger partial charge in [-0.15, -0.1) is 11.3 Å². The maximum Gasteiger partial charge on any atom is 0.311 e. The monoisotopic (exact) mass is 346 g/mol. The van der Waals surface area contributed by atoms with Crippen LogP contribution < -0.4 is 4.74 Å². The fraction of sp³-hybridized carbons (Fsp3) is 0.267. The van der Waals surface area contributed by atoms with Gasteiger partial charge in [0, 0.05) is 6.07 Å². The minimum absolute atomic E-state index is 0.0202. The molecule has 0 saturated carbocycles. The van der Waals surface area contributed by atoms with Crippen molar-refractivity contribution >= 4 is 17.0 Å². The van der Waals surface area contributed by atoms with Gasteiger partial charge >= 0.3 is 5.69 Å². The lowest BCUT2D eigenvalue weighted by atomic mass is 10.1. The fourth-order valence-electron chi connectivity index (χ4n) is 2.10. The Morgan fingerprint density at radius 1 is 1.42 bits per heavy atom. The first-order valence-corrected chi connectivity index (χ1v) is 8.09. The van der Waals surface area contributed by atoms with Gasteiger partial charge in [0.25, 0.3) is 5.89 Å². The average Bonchev–Trinajstić information content (AvgIpc) is 3.21. The van der Waals surface area contributed by atoms with Gasteiger partial charge in [-0.05, 0) is 25.0 Å². The molecule has 8 nitrogen and oxygen atoms in total. The number of thiazole rings is 1. The SMILES string of the molecule is CCc1ccc(OCc2noc(-c3scnc3C)n2)c([N+](=O)[O-])c1.